The molecule has 1 amide bonds. The lowest BCUT2D eigenvalue weighted by Crippen LogP contribution is -2.46. The van der Waals surface area contributed by atoms with Crippen molar-refractivity contribution in [3.8, 4) is 0 Å². The Morgan fingerprint density at radius 1 is 1.36 bits per heavy atom. The van der Waals surface area contributed by atoms with Crippen molar-refractivity contribution < 1.29 is 17.6 Å². The highest BCUT2D eigenvalue weighted by molar-refractivity contribution is 7.88. The summed E-state index contributed by atoms with van der Waals surface area (Å²) in [5.74, 6) is -0.552. The lowest BCUT2D eigenvalue weighted by atomic mass is 10.1. The van der Waals surface area contributed by atoms with E-state index < -0.39 is 16.1 Å². The monoisotopic (exact) mass is 328 g/mol. The van der Waals surface area contributed by atoms with E-state index in [4.69, 9.17) is 0 Å². The van der Waals surface area contributed by atoms with E-state index in [1.54, 1.807) is 19.2 Å². The molecule has 122 valence electrons. The van der Waals surface area contributed by atoms with Crippen LogP contribution in [0.4, 0.5) is 4.39 Å². The fourth-order valence-electron chi connectivity index (χ4n) is 2.77. The molecule has 0 bridgehead atoms. The molecule has 1 fully saturated rings. The number of sulfonamides is 1. The van der Waals surface area contributed by atoms with E-state index in [2.05, 4.69) is 0 Å². The molecule has 2 rings (SSSR count). The van der Waals surface area contributed by atoms with E-state index in [9.17, 15) is 17.6 Å². The van der Waals surface area contributed by atoms with Gasteiger partial charge in [0.15, 0.2) is 0 Å². The summed E-state index contributed by atoms with van der Waals surface area (Å²) in [5, 5.41) is 0. The maximum absolute atomic E-state index is 13.0. The zero-order valence-corrected chi connectivity index (χ0v) is 13.8. The Hall–Kier alpha value is -1.47. The van der Waals surface area contributed by atoms with Crippen LogP contribution in [0.25, 0.3) is 0 Å². The topological polar surface area (TPSA) is 57.7 Å². The minimum absolute atomic E-state index is 0.222. The van der Waals surface area contributed by atoms with Gasteiger partial charge in [0.2, 0.25) is 15.9 Å². The first-order valence-corrected chi connectivity index (χ1v) is 9.05. The van der Waals surface area contributed by atoms with Crippen molar-refractivity contribution in [2.45, 2.75) is 31.8 Å². The Labute approximate surface area is 130 Å². The summed E-state index contributed by atoms with van der Waals surface area (Å²) in [6, 6.07) is 5.07. The Morgan fingerprint density at radius 3 is 2.50 bits per heavy atom. The molecule has 1 aromatic carbocycles. The van der Waals surface area contributed by atoms with Crippen molar-refractivity contribution in [2.24, 2.45) is 0 Å². The number of carbonyl (C=O) groups is 1. The zero-order chi connectivity index (χ0) is 16.5. The average molecular weight is 328 g/mol. The largest absolute Gasteiger partial charge is 0.338 e. The predicted molar refractivity (Wildman–Crippen MR) is 82.2 cm³/mol. The van der Waals surface area contributed by atoms with Crippen LogP contribution in [0.1, 0.15) is 31.4 Å². The van der Waals surface area contributed by atoms with E-state index in [0.717, 1.165) is 11.8 Å². The standard InChI is InChI=1S/C15H21FN2O3S/c1-11(12-6-8-13(16)9-7-12)17(2)15(19)14-5-4-10-18(14)22(3,20)21/h6-9,11,14H,4-5,10H2,1-3H3. The van der Waals surface area contributed by atoms with Gasteiger partial charge in [-0.15, -0.1) is 0 Å². The second-order valence-electron chi connectivity index (χ2n) is 5.71. The van der Waals surface area contributed by atoms with Crippen LogP contribution in [0.15, 0.2) is 24.3 Å². The van der Waals surface area contributed by atoms with Gasteiger partial charge < -0.3 is 4.90 Å². The maximum Gasteiger partial charge on any atom is 0.241 e. The van der Waals surface area contributed by atoms with Gasteiger partial charge in [0.1, 0.15) is 11.9 Å². The van der Waals surface area contributed by atoms with Crippen LogP contribution in [-0.4, -0.2) is 49.4 Å². The third-order valence-electron chi connectivity index (χ3n) is 4.20. The van der Waals surface area contributed by atoms with Gasteiger partial charge in [0.05, 0.1) is 12.3 Å². The van der Waals surface area contributed by atoms with Crippen LogP contribution in [0, 0.1) is 5.82 Å². The van der Waals surface area contributed by atoms with Gasteiger partial charge in [-0.1, -0.05) is 12.1 Å². The first kappa shape index (κ1) is 16.9. The molecule has 0 aliphatic carbocycles. The fraction of sp³-hybridized carbons (Fsp3) is 0.533. The van der Waals surface area contributed by atoms with Gasteiger partial charge in [-0.25, -0.2) is 12.8 Å². The van der Waals surface area contributed by atoms with E-state index in [-0.39, 0.29) is 17.8 Å². The van der Waals surface area contributed by atoms with Crippen LogP contribution < -0.4 is 0 Å². The summed E-state index contributed by atoms with van der Waals surface area (Å²) in [4.78, 5) is 14.2. The van der Waals surface area contributed by atoms with Crippen molar-refractivity contribution in [3.05, 3.63) is 35.6 Å². The molecule has 1 aromatic rings. The molecule has 7 heteroatoms. The van der Waals surface area contributed by atoms with Gasteiger partial charge in [-0.05, 0) is 37.5 Å². The van der Waals surface area contributed by atoms with Crippen molar-refractivity contribution in [3.63, 3.8) is 0 Å². The van der Waals surface area contributed by atoms with Crippen LogP contribution in [0.3, 0.4) is 0 Å². The summed E-state index contributed by atoms with van der Waals surface area (Å²) in [6.45, 7) is 2.22. The number of carbonyl (C=O) groups excluding carboxylic acids is 1. The molecule has 1 aliphatic rings. The van der Waals surface area contributed by atoms with E-state index in [1.165, 1.54) is 21.3 Å². The molecule has 1 aliphatic heterocycles. The first-order valence-electron chi connectivity index (χ1n) is 7.21. The summed E-state index contributed by atoms with van der Waals surface area (Å²) in [7, 11) is -1.74. The van der Waals surface area contributed by atoms with Gasteiger partial charge in [0.25, 0.3) is 0 Å². The number of halogens is 1. The molecule has 22 heavy (non-hydrogen) atoms. The number of hydrogen-bond donors (Lipinski definition) is 0. The SMILES string of the molecule is CC(c1ccc(F)cc1)N(C)C(=O)C1CCCN1S(C)(=O)=O. The first-order chi connectivity index (χ1) is 10.2. The number of amides is 1. The Bertz CT molecular complexity index is 645. The highest BCUT2D eigenvalue weighted by Gasteiger charge is 2.38. The maximum atomic E-state index is 13.0. The number of benzene rings is 1. The van der Waals surface area contributed by atoms with Crippen molar-refractivity contribution >= 4 is 15.9 Å². The smallest absolute Gasteiger partial charge is 0.241 e. The summed E-state index contributed by atoms with van der Waals surface area (Å²) < 4.78 is 37.8. The van der Waals surface area contributed by atoms with Gasteiger partial charge in [-0.2, -0.15) is 4.31 Å². The number of rotatable bonds is 4. The second-order valence-corrected chi connectivity index (χ2v) is 7.64. The molecule has 5 nitrogen and oxygen atoms in total. The molecular weight excluding hydrogens is 307 g/mol. The molecule has 0 spiro atoms. The zero-order valence-electron chi connectivity index (χ0n) is 13.0. The Kier molecular flexibility index (Phi) is 4.87. The summed E-state index contributed by atoms with van der Waals surface area (Å²) in [6.07, 6.45) is 2.34. The lowest BCUT2D eigenvalue weighted by Gasteiger charge is -2.30. The van der Waals surface area contributed by atoms with Crippen LogP contribution in [0.2, 0.25) is 0 Å². The molecule has 1 heterocycles. The Balaban J connectivity index is 2.16. The summed E-state index contributed by atoms with van der Waals surface area (Å²) in [5.41, 5.74) is 0.807. The minimum atomic E-state index is -3.39. The minimum Gasteiger partial charge on any atom is -0.338 e. The normalized spacial score (nSPS) is 20.8. The van der Waals surface area contributed by atoms with E-state index in [1.807, 2.05) is 6.92 Å². The van der Waals surface area contributed by atoms with E-state index >= 15 is 0 Å². The number of likely N-dealkylation sites (N-methyl/N-ethyl adjacent to an activating group) is 1. The van der Waals surface area contributed by atoms with Gasteiger partial charge in [-0.3, -0.25) is 4.79 Å². The second kappa shape index (κ2) is 6.34. The molecule has 0 saturated carbocycles. The Morgan fingerprint density at radius 2 is 1.95 bits per heavy atom. The van der Waals surface area contributed by atoms with Crippen molar-refractivity contribution in [1.82, 2.24) is 9.21 Å². The third kappa shape index (κ3) is 3.47. The summed E-state index contributed by atoms with van der Waals surface area (Å²) >= 11 is 0. The van der Waals surface area contributed by atoms with Crippen LogP contribution >= 0.6 is 0 Å². The highest BCUT2D eigenvalue weighted by Crippen LogP contribution is 2.26. The lowest BCUT2D eigenvalue weighted by molar-refractivity contribution is -0.135. The number of hydrogen-bond acceptors (Lipinski definition) is 3. The fourth-order valence-corrected chi connectivity index (χ4v) is 3.89. The van der Waals surface area contributed by atoms with Crippen LogP contribution in [0.5, 0.6) is 0 Å². The predicted octanol–water partition coefficient (Wildman–Crippen LogP) is 1.77. The average Bonchev–Trinajstić information content (AvgIpc) is 2.95. The molecular formula is C15H21FN2O3S. The highest BCUT2D eigenvalue weighted by atomic mass is 32.2. The quantitative estimate of drug-likeness (QED) is 0.846. The van der Waals surface area contributed by atoms with Crippen molar-refractivity contribution in [2.75, 3.05) is 19.8 Å². The number of nitrogens with zero attached hydrogens (tertiary/aromatic N) is 2. The van der Waals surface area contributed by atoms with Gasteiger partial charge in [0, 0.05) is 13.6 Å². The van der Waals surface area contributed by atoms with E-state index in [0.29, 0.717) is 19.4 Å². The molecule has 2 unspecified atom stereocenters. The van der Waals surface area contributed by atoms with Gasteiger partial charge >= 0.3 is 0 Å². The molecule has 0 N–H and O–H groups in total. The molecule has 2 atom stereocenters. The van der Waals surface area contributed by atoms with Crippen LogP contribution in [-0.2, 0) is 14.8 Å². The van der Waals surface area contributed by atoms with Crippen molar-refractivity contribution in [1.29, 1.82) is 0 Å². The third-order valence-corrected chi connectivity index (χ3v) is 5.48. The molecule has 0 aromatic heterocycles. The molecule has 0 radical (unpaired) electrons. The molecule has 1 saturated heterocycles.